The zero-order valence-corrected chi connectivity index (χ0v) is 82.4. The van der Waals surface area contributed by atoms with Gasteiger partial charge in [-0.05, 0) is 302 Å². The van der Waals surface area contributed by atoms with Crippen LogP contribution in [0.1, 0.15) is 294 Å². The highest BCUT2D eigenvalue weighted by atomic mass is 16.4. The zero-order valence-electron chi connectivity index (χ0n) is 82.4. The third-order valence-corrected chi connectivity index (χ3v) is 27.1. The van der Waals surface area contributed by atoms with Crippen LogP contribution in [0.4, 0.5) is 0 Å². The lowest BCUT2D eigenvalue weighted by atomic mass is 9.97. The molecule has 6 aliphatic rings. The first kappa shape index (κ1) is 105. The minimum Gasteiger partial charge on any atom is -0.481 e. The van der Waals surface area contributed by atoms with E-state index in [-0.39, 0.29) is 88.5 Å². The number of hydrogen-bond acceptors (Lipinski definition) is 16. The largest absolute Gasteiger partial charge is 0.481 e. The Morgan fingerprint density at radius 2 is 0.448 bits per heavy atom. The molecule has 15 heterocycles. The Morgan fingerprint density at radius 1 is 0.252 bits per heavy atom. The second kappa shape index (κ2) is 45.2. The normalized spacial score (nSPS) is 12.7. The summed E-state index contributed by atoms with van der Waals surface area (Å²) in [6.45, 7) is 49.1. The van der Waals surface area contributed by atoms with Gasteiger partial charge in [-0.15, -0.1) is 0 Å². The highest BCUT2D eigenvalue weighted by Gasteiger charge is 2.30. The summed E-state index contributed by atoms with van der Waals surface area (Å²) in [5.74, 6) is -6.07. The number of carboxylic acids is 5. The van der Waals surface area contributed by atoms with Crippen molar-refractivity contribution in [2.75, 3.05) is 13.1 Å². The zero-order chi connectivity index (χ0) is 103. The van der Waals surface area contributed by atoms with E-state index < -0.39 is 48.8 Å². The van der Waals surface area contributed by atoms with Crippen molar-refractivity contribution in [3.05, 3.63) is 247 Å². The summed E-state index contributed by atoms with van der Waals surface area (Å²) in [5, 5.41) is 50.5. The fraction of sp³-hybridized carbons (Fsp3) is 0.281. The van der Waals surface area contributed by atoms with E-state index in [1.165, 1.54) is 0 Å². The monoisotopic (exact) mass is 1930 g/mol. The maximum absolute atomic E-state index is 12.7. The first-order valence-electron chi connectivity index (χ1n) is 47.0. The Bertz CT molecular complexity index is 7730. The van der Waals surface area contributed by atoms with Gasteiger partial charge in [0.05, 0.1) is 81.2 Å². The number of amides is 2. The number of aromatic amines is 6. The van der Waals surface area contributed by atoms with E-state index in [0.717, 1.165) is 223 Å². The number of Topliss-reactive ketones (excluding diaryl/α,β-unsaturated/α-hetero) is 3. The van der Waals surface area contributed by atoms with Gasteiger partial charge in [-0.2, -0.15) is 0 Å². The van der Waals surface area contributed by atoms with Gasteiger partial charge >= 0.3 is 29.8 Å². The Labute approximate surface area is 828 Å². The molecule has 24 bridgehead atoms. The third kappa shape index (κ3) is 23.5. The van der Waals surface area contributed by atoms with Crippen molar-refractivity contribution in [2.45, 2.75) is 200 Å². The van der Waals surface area contributed by atoms with Crippen LogP contribution in [0, 0.1) is 41.5 Å². The molecule has 0 unspecified atom stereocenters. The molecule has 143 heavy (non-hydrogen) atoms. The molecular weight excluding hydrogens is 1810 g/mol. The van der Waals surface area contributed by atoms with E-state index in [1.807, 2.05) is 167 Å². The quantitative estimate of drug-likeness (QED) is 0.0178. The van der Waals surface area contributed by atoms with Crippen molar-refractivity contribution < 1.29 is 73.5 Å². The number of carbonyl (C=O) groups is 10. The molecular formula is C114H122N14O15. The van der Waals surface area contributed by atoms with Crippen molar-refractivity contribution in [3.8, 4) is 0 Å². The van der Waals surface area contributed by atoms with Crippen molar-refractivity contribution in [2.24, 2.45) is 0 Å². The Kier molecular flexibility index (Phi) is 33.3. The summed E-state index contributed by atoms with van der Waals surface area (Å²) >= 11 is 0. The summed E-state index contributed by atoms with van der Waals surface area (Å²) in [4.78, 5) is 170. The van der Waals surface area contributed by atoms with Crippen LogP contribution >= 0.6 is 0 Å². The number of rotatable bonds is 34. The Balaban J connectivity index is 0.000000191. The Hall–Kier alpha value is -16.5. The van der Waals surface area contributed by atoms with Crippen LogP contribution in [-0.2, 0) is 47.9 Å². The minimum absolute atomic E-state index is 0. The second-order valence-corrected chi connectivity index (χ2v) is 36.1. The van der Waals surface area contributed by atoms with Crippen LogP contribution in [0.5, 0.6) is 0 Å². The number of ketones is 3. The first-order chi connectivity index (χ1) is 67.6. The van der Waals surface area contributed by atoms with Crippen LogP contribution in [-0.4, -0.2) is 157 Å². The van der Waals surface area contributed by atoms with Gasteiger partial charge in [0.1, 0.15) is 30.4 Å². The maximum atomic E-state index is 12.7. The number of allylic oxidation sites excluding steroid dienone is 12. The number of hydrogen-bond donors (Lipinski definition) is 13. The van der Waals surface area contributed by atoms with E-state index in [9.17, 15) is 53.1 Å². The Morgan fingerprint density at radius 3 is 0.657 bits per heavy atom. The number of aryl methyl sites for hydroxylation is 6. The third-order valence-electron chi connectivity index (χ3n) is 27.1. The molecule has 0 saturated carbocycles. The molecule has 9 aromatic heterocycles. The SMILES string of the molecule is C.C=Cc1c(C)c2cc3[nH]c(cc4nc(cc5nc(cc1[nH]2)C(C)=C5CCC(=O)CCC(=O)O)C(CCC(=O)NCC(=O)O)=C4C)c(C)c3C=C.C=Cc1c(C)c2cc3[nH]c(cc4nc(cc5nc(cc1[nH]2)C(C)=C5CCC(=O)CCC(=O)O)C(CCC(=O)O)=C4C)c(C)c3C=C.C=Cc1c(C)c2cc3[nH]c(cc4nc(cc5nc(cc1[nH]2)C(C)=C5CCC(C)=O)C(CCC(=O)NCC(=O)O)=C4C)c(C)c3C=C. The molecule has 0 aromatic carbocycles. The average molecular weight is 1930 g/mol. The number of H-pyrrole nitrogens is 6. The number of fused-ring (bicyclic) bond motifs is 24. The molecule has 0 atom stereocenters. The molecule has 738 valence electrons. The summed E-state index contributed by atoms with van der Waals surface area (Å²) < 4.78 is 0. The van der Waals surface area contributed by atoms with Crippen molar-refractivity contribution >= 4 is 229 Å². The lowest BCUT2D eigenvalue weighted by Crippen LogP contribution is -2.28. The number of nitrogens with one attached hydrogen (secondary N) is 8. The van der Waals surface area contributed by atoms with Crippen LogP contribution < -0.4 is 10.6 Å². The van der Waals surface area contributed by atoms with Gasteiger partial charge in [0.2, 0.25) is 11.8 Å². The fourth-order valence-electron chi connectivity index (χ4n) is 18.7. The average Bonchev–Trinajstić information content (AvgIpc) is 1.62. The molecule has 13 N–H and O–H groups in total. The standard InChI is InChI=1S/C39H41N5O6.C37H39N5O4.C37H38N4O5.CH4/c1-7-25-20(3)29-15-30-23(6)28(12-13-37(46)40-19-39(49)50)36(43-30)18-35-27(11-9-24(45)10-14-38(47)48)22(5)32(44-35)17-34-26(8-2)21(4)31(42-34)16-33(25)41-29;1-8-24-20(4)28-14-29-23(7)27(12-13-36(44)38-18-37(45)46)35(41-29)17-34-26(11-10-19(3)43)22(6)31(42-34)16-33-25(9-2)21(5)30(40-33)15-32(24)39-28;1-7-24-19(3)28-15-29-22(6)27(12-14-37(45)46)35(40-29)18-34-26(11-9-23(42)10-13-36(43)44)21(5)31(41-34)17-33-25(8-2)20(4)30(39-33)16-32(24)38-28;/h7-8,15-18,41-42H,1-2,9-14,19H2,3-6H3,(H,40,46)(H,47,48)(H,49,50);8-9,14-17,39-40H,1-2,10-13,18H2,3-7H3,(H,38,44)(H,45,46);7-8,15-18,38-39H,1-2,9-14H2,3-6H3,(H,43,44)(H,45,46);1H4. The molecule has 2 amide bonds. The van der Waals surface area contributed by atoms with Crippen molar-refractivity contribution in [3.63, 3.8) is 0 Å². The summed E-state index contributed by atoms with van der Waals surface area (Å²) in [7, 11) is 0. The molecule has 6 aliphatic heterocycles. The topological polar surface area (TPSA) is 468 Å². The number of aliphatic carboxylic acids is 5. The van der Waals surface area contributed by atoms with E-state index >= 15 is 0 Å². The summed E-state index contributed by atoms with van der Waals surface area (Å²) in [5.41, 5.74) is 41.3. The lowest BCUT2D eigenvalue weighted by molar-refractivity contribution is -0.139. The predicted molar refractivity (Wildman–Crippen MR) is 572 cm³/mol. The smallest absolute Gasteiger partial charge is 0.322 e. The van der Waals surface area contributed by atoms with Gasteiger partial charge in [0, 0.05) is 151 Å². The van der Waals surface area contributed by atoms with Gasteiger partial charge in [0.15, 0.2) is 0 Å². The molecule has 0 fully saturated rings. The van der Waals surface area contributed by atoms with E-state index in [4.69, 9.17) is 50.3 Å². The number of carboxylic acid groups (broad SMARTS) is 5. The van der Waals surface area contributed by atoms with Crippen LogP contribution in [0.3, 0.4) is 0 Å². The summed E-state index contributed by atoms with van der Waals surface area (Å²) in [6.07, 6.45) is 13.5. The highest BCUT2D eigenvalue weighted by molar-refractivity contribution is 6.04. The molecule has 29 nitrogen and oxygen atoms in total. The fourth-order valence-corrected chi connectivity index (χ4v) is 18.7. The van der Waals surface area contributed by atoms with E-state index in [0.29, 0.717) is 90.5 Å². The van der Waals surface area contributed by atoms with Crippen molar-refractivity contribution in [1.29, 1.82) is 0 Å². The molecule has 0 aliphatic carbocycles. The molecule has 0 saturated heterocycles. The summed E-state index contributed by atoms with van der Waals surface area (Å²) in [6, 6.07) is 23.8. The van der Waals surface area contributed by atoms with Crippen LogP contribution in [0.15, 0.2) is 112 Å². The molecule has 9 aromatic rings. The maximum Gasteiger partial charge on any atom is 0.322 e. The minimum atomic E-state index is -1.12. The molecule has 0 radical (unpaired) electrons. The van der Waals surface area contributed by atoms with Crippen LogP contribution in [0.2, 0.25) is 0 Å². The second-order valence-electron chi connectivity index (χ2n) is 36.1. The highest BCUT2D eigenvalue weighted by Crippen LogP contribution is 2.44. The lowest BCUT2D eigenvalue weighted by Gasteiger charge is -2.07. The first-order valence-corrected chi connectivity index (χ1v) is 47.0. The van der Waals surface area contributed by atoms with Gasteiger partial charge in [-0.25, -0.2) is 29.9 Å². The van der Waals surface area contributed by atoms with Crippen molar-refractivity contribution in [1.82, 2.24) is 70.4 Å². The van der Waals surface area contributed by atoms with E-state index in [1.54, 1.807) is 13.0 Å². The predicted octanol–water partition coefficient (Wildman–Crippen LogP) is 23.5. The van der Waals surface area contributed by atoms with E-state index in [2.05, 4.69) is 99.1 Å². The number of carbonyl (C=O) groups excluding carboxylic acids is 5. The molecule has 29 heteroatoms. The van der Waals surface area contributed by atoms with Gasteiger partial charge in [0.25, 0.3) is 0 Å². The number of nitrogens with zero attached hydrogens (tertiary/aromatic N) is 6. The van der Waals surface area contributed by atoms with Gasteiger partial charge in [-0.1, -0.05) is 83.4 Å². The number of aromatic nitrogens is 12. The van der Waals surface area contributed by atoms with Gasteiger partial charge in [-0.3, -0.25) is 43.2 Å². The van der Waals surface area contributed by atoms with Crippen LogP contribution in [0.25, 0.3) is 170 Å². The van der Waals surface area contributed by atoms with Gasteiger partial charge < -0.3 is 70.9 Å². The molecule has 15 rings (SSSR count). The molecule has 0 spiro atoms.